The summed E-state index contributed by atoms with van der Waals surface area (Å²) in [7, 11) is -3.95. The molecule has 6 heteroatoms. The first-order valence-electron chi connectivity index (χ1n) is 5.16. The molecule has 3 unspecified atom stereocenters. The molecule has 0 spiro atoms. The van der Waals surface area contributed by atoms with E-state index in [-0.39, 0.29) is 0 Å². The molecule has 3 atom stereocenters. The van der Waals surface area contributed by atoms with Gasteiger partial charge in [0.15, 0.2) is 5.44 Å². The van der Waals surface area contributed by atoms with Crippen molar-refractivity contribution in [2.45, 2.75) is 30.8 Å². The van der Waals surface area contributed by atoms with E-state index in [0.717, 1.165) is 6.92 Å². The molecule has 0 aliphatic rings. The summed E-state index contributed by atoms with van der Waals surface area (Å²) in [5.41, 5.74) is -3.07. The molecular formula is C11H16O5S. The number of hydrogen-bond donors (Lipinski definition) is 2. The highest BCUT2D eigenvalue weighted by atomic mass is 32.2. The van der Waals surface area contributed by atoms with Gasteiger partial charge in [-0.15, -0.1) is 0 Å². The van der Waals surface area contributed by atoms with E-state index in [2.05, 4.69) is 0 Å². The third-order valence-electron chi connectivity index (χ3n) is 2.19. The lowest BCUT2D eigenvalue weighted by Crippen LogP contribution is -2.42. The predicted octanol–water partition coefficient (Wildman–Crippen LogP) is 0.525. The Kier molecular flexibility index (Phi) is 4.50. The summed E-state index contributed by atoms with van der Waals surface area (Å²) in [4.78, 5) is 0. The van der Waals surface area contributed by atoms with Crippen LogP contribution in [0.15, 0.2) is 30.3 Å². The predicted molar refractivity (Wildman–Crippen MR) is 63.1 cm³/mol. The van der Waals surface area contributed by atoms with Gasteiger partial charge in [-0.25, -0.2) is 8.42 Å². The van der Waals surface area contributed by atoms with E-state index in [1.54, 1.807) is 30.3 Å². The zero-order valence-electron chi connectivity index (χ0n) is 9.65. The zero-order valence-corrected chi connectivity index (χ0v) is 10.5. The second-order valence-electron chi connectivity index (χ2n) is 3.73. The number of para-hydroxylation sites is 1. The highest BCUT2D eigenvalue weighted by molar-refractivity contribution is 7.92. The quantitative estimate of drug-likeness (QED) is 0.806. The molecule has 0 saturated heterocycles. The summed E-state index contributed by atoms with van der Waals surface area (Å²) in [6.07, 6.45) is -1.24. The number of aliphatic hydroxyl groups is 2. The van der Waals surface area contributed by atoms with Crippen LogP contribution in [0.1, 0.15) is 13.8 Å². The molecule has 1 aromatic carbocycles. The minimum absolute atomic E-state index is 0.322. The minimum Gasteiger partial charge on any atom is -0.472 e. The Morgan fingerprint density at radius 3 is 2.06 bits per heavy atom. The standard InChI is InChI=1S/C11H16O5S/c1-8(12)11(17(14,15)9(2)13)16-10-6-4-3-5-7-10/h3-9,11-13H,1-2H3. The number of hydrogen-bond acceptors (Lipinski definition) is 5. The van der Waals surface area contributed by atoms with Crippen LogP contribution in [0.25, 0.3) is 0 Å². The molecule has 2 N–H and O–H groups in total. The summed E-state index contributed by atoms with van der Waals surface area (Å²) in [6.45, 7) is 2.42. The molecule has 1 rings (SSSR count). The average Bonchev–Trinajstić information content (AvgIpc) is 2.26. The van der Waals surface area contributed by atoms with Gasteiger partial charge in [0.1, 0.15) is 11.9 Å². The third-order valence-corrected chi connectivity index (χ3v) is 4.28. The highest BCUT2D eigenvalue weighted by Gasteiger charge is 2.35. The molecule has 0 saturated carbocycles. The van der Waals surface area contributed by atoms with Gasteiger partial charge in [0.05, 0.1) is 0 Å². The van der Waals surface area contributed by atoms with Crippen LogP contribution in [0.3, 0.4) is 0 Å². The van der Waals surface area contributed by atoms with Crippen molar-refractivity contribution < 1.29 is 23.4 Å². The Labute approximate surface area is 101 Å². The molecule has 5 nitrogen and oxygen atoms in total. The first kappa shape index (κ1) is 14.0. The first-order chi connectivity index (χ1) is 7.85. The van der Waals surface area contributed by atoms with Crippen molar-refractivity contribution in [1.29, 1.82) is 0 Å². The van der Waals surface area contributed by atoms with Crippen LogP contribution in [0.2, 0.25) is 0 Å². The van der Waals surface area contributed by atoms with Gasteiger partial charge in [0.2, 0.25) is 15.3 Å². The lowest BCUT2D eigenvalue weighted by atomic mass is 10.3. The topological polar surface area (TPSA) is 83.8 Å². The van der Waals surface area contributed by atoms with Crippen molar-refractivity contribution in [3.8, 4) is 5.75 Å². The Hall–Kier alpha value is -1.11. The van der Waals surface area contributed by atoms with Gasteiger partial charge >= 0.3 is 0 Å². The maximum atomic E-state index is 11.7. The molecule has 0 bridgehead atoms. The Morgan fingerprint density at radius 1 is 1.12 bits per heavy atom. The molecule has 0 fully saturated rings. The first-order valence-corrected chi connectivity index (χ1v) is 6.77. The lowest BCUT2D eigenvalue weighted by molar-refractivity contribution is 0.0914. The molecule has 17 heavy (non-hydrogen) atoms. The summed E-state index contributed by atoms with van der Waals surface area (Å²) < 4.78 is 28.7. The molecule has 96 valence electrons. The zero-order chi connectivity index (χ0) is 13.1. The lowest BCUT2D eigenvalue weighted by Gasteiger charge is -2.23. The van der Waals surface area contributed by atoms with Gasteiger partial charge in [-0.05, 0) is 26.0 Å². The van der Waals surface area contributed by atoms with Gasteiger partial charge < -0.3 is 14.9 Å². The van der Waals surface area contributed by atoms with Gasteiger partial charge in [-0.3, -0.25) is 0 Å². The van der Waals surface area contributed by atoms with E-state index in [4.69, 9.17) is 4.74 Å². The maximum Gasteiger partial charge on any atom is 0.226 e. The van der Waals surface area contributed by atoms with Gasteiger partial charge in [0.25, 0.3) is 0 Å². The van der Waals surface area contributed by atoms with Crippen LogP contribution in [0, 0.1) is 0 Å². The van der Waals surface area contributed by atoms with Crippen LogP contribution < -0.4 is 4.74 Å². The SMILES string of the molecule is CC(O)C(Oc1ccccc1)S(=O)(=O)C(C)O. The summed E-state index contributed by atoms with van der Waals surface area (Å²) in [5, 5.41) is 18.6. The summed E-state index contributed by atoms with van der Waals surface area (Å²) in [5.74, 6) is 0.322. The van der Waals surface area contributed by atoms with Gasteiger partial charge in [-0.2, -0.15) is 0 Å². The Balaban J connectivity index is 2.97. The molecule has 0 aliphatic heterocycles. The van der Waals surface area contributed by atoms with Crippen molar-refractivity contribution in [2.24, 2.45) is 0 Å². The summed E-state index contributed by atoms with van der Waals surface area (Å²) >= 11 is 0. The average molecular weight is 260 g/mol. The van der Waals surface area contributed by atoms with Crippen LogP contribution in [-0.2, 0) is 9.84 Å². The minimum atomic E-state index is -3.95. The maximum absolute atomic E-state index is 11.7. The van der Waals surface area contributed by atoms with E-state index in [0.29, 0.717) is 5.75 Å². The monoisotopic (exact) mass is 260 g/mol. The fourth-order valence-corrected chi connectivity index (χ4v) is 2.45. The largest absolute Gasteiger partial charge is 0.472 e. The number of aliphatic hydroxyl groups excluding tert-OH is 2. The highest BCUT2D eigenvalue weighted by Crippen LogP contribution is 2.18. The van der Waals surface area contributed by atoms with Crippen LogP contribution in [-0.4, -0.2) is 35.6 Å². The third kappa shape index (κ3) is 3.42. The van der Waals surface area contributed by atoms with Crippen molar-refractivity contribution in [3.05, 3.63) is 30.3 Å². The van der Waals surface area contributed by atoms with E-state index in [9.17, 15) is 18.6 Å². The van der Waals surface area contributed by atoms with E-state index in [1.807, 2.05) is 0 Å². The van der Waals surface area contributed by atoms with Crippen LogP contribution >= 0.6 is 0 Å². The Morgan fingerprint density at radius 2 is 1.65 bits per heavy atom. The normalized spacial score (nSPS) is 17.2. The van der Waals surface area contributed by atoms with Crippen LogP contribution in [0.4, 0.5) is 0 Å². The van der Waals surface area contributed by atoms with E-state index in [1.165, 1.54) is 6.92 Å². The number of ether oxygens (including phenoxy) is 1. The second-order valence-corrected chi connectivity index (χ2v) is 6.05. The molecule has 0 heterocycles. The van der Waals surface area contributed by atoms with E-state index < -0.39 is 26.8 Å². The fraction of sp³-hybridized carbons (Fsp3) is 0.455. The van der Waals surface area contributed by atoms with Gasteiger partial charge in [-0.1, -0.05) is 18.2 Å². The van der Waals surface area contributed by atoms with E-state index >= 15 is 0 Å². The van der Waals surface area contributed by atoms with Crippen molar-refractivity contribution >= 4 is 9.84 Å². The Bertz CT molecular complexity index is 438. The molecule has 0 amide bonds. The number of sulfone groups is 1. The number of benzene rings is 1. The molecule has 1 aromatic rings. The van der Waals surface area contributed by atoms with Crippen molar-refractivity contribution in [1.82, 2.24) is 0 Å². The second kappa shape index (κ2) is 5.48. The molecule has 0 radical (unpaired) electrons. The fourth-order valence-electron chi connectivity index (χ4n) is 1.27. The van der Waals surface area contributed by atoms with Gasteiger partial charge in [0, 0.05) is 0 Å². The summed E-state index contributed by atoms with van der Waals surface area (Å²) in [6, 6.07) is 8.28. The van der Waals surface area contributed by atoms with Crippen molar-refractivity contribution in [2.75, 3.05) is 0 Å². The molecule has 0 aliphatic carbocycles. The molecular weight excluding hydrogens is 244 g/mol. The smallest absolute Gasteiger partial charge is 0.226 e. The number of rotatable bonds is 5. The molecule has 0 aromatic heterocycles. The van der Waals surface area contributed by atoms with Crippen molar-refractivity contribution in [3.63, 3.8) is 0 Å². The van der Waals surface area contributed by atoms with Crippen LogP contribution in [0.5, 0.6) is 5.75 Å².